The van der Waals surface area contributed by atoms with E-state index in [0.717, 1.165) is 0 Å². The number of nitro groups is 1. The van der Waals surface area contributed by atoms with Gasteiger partial charge in [-0.3, -0.25) is 19.2 Å². The van der Waals surface area contributed by atoms with Crippen LogP contribution in [0.5, 0.6) is 0 Å². The molecular weight excluding hydrogens is 478 g/mol. The van der Waals surface area contributed by atoms with Gasteiger partial charge in [-0.05, 0) is 54.4 Å². The van der Waals surface area contributed by atoms with Crippen LogP contribution in [0.2, 0.25) is 0 Å². The van der Waals surface area contributed by atoms with Crippen molar-refractivity contribution in [3.63, 3.8) is 0 Å². The van der Waals surface area contributed by atoms with Crippen LogP contribution in [0.4, 0.5) is 17.1 Å². The van der Waals surface area contributed by atoms with E-state index >= 15 is 0 Å². The molecule has 0 unspecified atom stereocenters. The normalized spacial score (nSPS) is 11.0. The standard InChI is InChI=1S/C27H23N3O5S/c1-20-12-17-24(30(32)33)18-26(20)28-27(31)22-15-13-21(14-16-22)19-29(23-8-4-2-5-9-23)36(34,35)25-10-6-3-7-11-25/h2-18H,19H2,1H3,(H,28,31). The first-order valence-corrected chi connectivity index (χ1v) is 12.5. The lowest BCUT2D eigenvalue weighted by molar-refractivity contribution is -0.384. The summed E-state index contributed by atoms with van der Waals surface area (Å²) in [5, 5.41) is 13.8. The maximum Gasteiger partial charge on any atom is 0.271 e. The average molecular weight is 502 g/mol. The van der Waals surface area contributed by atoms with Crippen molar-refractivity contribution in [2.75, 3.05) is 9.62 Å². The molecule has 0 aliphatic rings. The maximum absolute atomic E-state index is 13.4. The molecule has 0 bridgehead atoms. The third-order valence-corrected chi connectivity index (χ3v) is 7.39. The number of para-hydroxylation sites is 1. The summed E-state index contributed by atoms with van der Waals surface area (Å²) in [6, 6.07) is 27.8. The Bertz CT molecular complexity index is 1490. The highest BCUT2D eigenvalue weighted by atomic mass is 32.2. The van der Waals surface area contributed by atoms with E-state index in [-0.39, 0.29) is 17.1 Å². The van der Waals surface area contributed by atoms with Crippen LogP contribution in [-0.2, 0) is 16.6 Å². The van der Waals surface area contributed by atoms with Crippen LogP contribution in [-0.4, -0.2) is 19.2 Å². The summed E-state index contributed by atoms with van der Waals surface area (Å²) in [7, 11) is -3.84. The van der Waals surface area contributed by atoms with Crippen LogP contribution in [0.15, 0.2) is 108 Å². The quantitative estimate of drug-likeness (QED) is 0.251. The Balaban J connectivity index is 1.57. The van der Waals surface area contributed by atoms with Gasteiger partial charge in [0.15, 0.2) is 0 Å². The van der Waals surface area contributed by atoms with Gasteiger partial charge >= 0.3 is 0 Å². The number of hydrogen-bond acceptors (Lipinski definition) is 5. The van der Waals surface area contributed by atoms with Crippen molar-refractivity contribution in [2.24, 2.45) is 0 Å². The lowest BCUT2D eigenvalue weighted by atomic mass is 10.1. The van der Waals surface area contributed by atoms with Gasteiger partial charge in [-0.15, -0.1) is 0 Å². The number of hydrogen-bond donors (Lipinski definition) is 1. The molecule has 4 rings (SSSR count). The molecule has 0 aliphatic heterocycles. The van der Waals surface area contributed by atoms with Crippen LogP contribution in [0.1, 0.15) is 21.5 Å². The van der Waals surface area contributed by atoms with Gasteiger partial charge in [0.2, 0.25) is 0 Å². The molecule has 4 aromatic rings. The van der Waals surface area contributed by atoms with Crippen molar-refractivity contribution in [2.45, 2.75) is 18.4 Å². The number of rotatable bonds is 8. The molecule has 0 spiro atoms. The molecular formula is C27H23N3O5S. The van der Waals surface area contributed by atoms with E-state index in [1.54, 1.807) is 91.9 Å². The number of nitro benzene ring substituents is 1. The Labute approximate surface area is 209 Å². The summed E-state index contributed by atoms with van der Waals surface area (Å²) in [6.07, 6.45) is 0. The highest BCUT2D eigenvalue weighted by Gasteiger charge is 2.25. The summed E-state index contributed by atoms with van der Waals surface area (Å²) >= 11 is 0. The lowest BCUT2D eigenvalue weighted by Gasteiger charge is -2.25. The number of carbonyl (C=O) groups is 1. The minimum absolute atomic E-state index is 0.0626. The molecule has 0 saturated heterocycles. The molecule has 0 aromatic heterocycles. The van der Waals surface area contributed by atoms with Crippen LogP contribution in [0, 0.1) is 17.0 Å². The second kappa shape index (κ2) is 10.4. The Morgan fingerprint density at radius 3 is 2.11 bits per heavy atom. The van der Waals surface area contributed by atoms with Crippen molar-refractivity contribution < 1.29 is 18.1 Å². The molecule has 9 heteroatoms. The van der Waals surface area contributed by atoms with Gasteiger partial charge in [0.05, 0.1) is 27.7 Å². The van der Waals surface area contributed by atoms with Gasteiger partial charge in [-0.1, -0.05) is 54.6 Å². The molecule has 182 valence electrons. The molecule has 0 aliphatic carbocycles. The number of carbonyl (C=O) groups excluding carboxylic acids is 1. The molecule has 0 saturated carbocycles. The number of sulfonamides is 1. The van der Waals surface area contributed by atoms with Gasteiger partial charge in [0.1, 0.15) is 0 Å². The summed E-state index contributed by atoms with van der Waals surface area (Å²) < 4.78 is 28.2. The highest BCUT2D eigenvalue weighted by Crippen LogP contribution is 2.26. The van der Waals surface area contributed by atoms with Crippen LogP contribution in [0.3, 0.4) is 0 Å². The highest BCUT2D eigenvalue weighted by molar-refractivity contribution is 7.92. The fourth-order valence-corrected chi connectivity index (χ4v) is 5.08. The summed E-state index contributed by atoms with van der Waals surface area (Å²) in [5.41, 5.74) is 2.46. The molecule has 4 aromatic carbocycles. The molecule has 1 N–H and O–H groups in total. The Morgan fingerprint density at radius 1 is 0.889 bits per heavy atom. The number of non-ortho nitro benzene ring substituents is 1. The van der Waals surface area contributed by atoms with Gasteiger partial charge < -0.3 is 5.32 Å². The molecule has 0 atom stereocenters. The molecule has 8 nitrogen and oxygen atoms in total. The number of amides is 1. The first kappa shape index (κ1) is 24.6. The minimum atomic E-state index is -3.84. The van der Waals surface area contributed by atoms with Crippen molar-refractivity contribution in [3.05, 3.63) is 130 Å². The van der Waals surface area contributed by atoms with E-state index in [9.17, 15) is 23.3 Å². The van der Waals surface area contributed by atoms with Crippen LogP contribution in [0.25, 0.3) is 0 Å². The largest absolute Gasteiger partial charge is 0.321 e. The van der Waals surface area contributed by atoms with Gasteiger partial charge in [-0.2, -0.15) is 0 Å². The topological polar surface area (TPSA) is 110 Å². The van der Waals surface area contributed by atoms with Gasteiger partial charge in [0.25, 0.3) is 21.6 Å². The zero-order chi connectivity index (χ0) is 25.7. The first-order valence-electron chi connectivity index (χ1n) is 11.0. The third-order valence-electron chi connectivity index (χ3n) is 5.60. The van der Waals surface area contributed by atoms with Crippen molar-refractivity contribution in [1.82, 2.24) is 0 Å². The van der Waals surface area contributed by atoms with E-state index in [1.165, 1.54) is 16.4 Å². The molecule has 1 amide bonds. The van der Waals surface area contributed by atoms with Crippen molar-refractivity contribution in [3.8, 4) is 0 Å². The molecule has 0 heterocycles. The molecule has 0 radical (unpaired) electrons. The van der Waals surface area contributed by atoms with Gasteiger partial charge in [0, 0.05) is 17.7 Å². The van der Waals surface area contributed by atoms with Gasteiger partial charge in [-0.25, -0.2) is 8.42 Å². The summed E-state index contributed by atoms with van der Waals surface area (Å²) in [6.45, 7) is 1.81. The average Bonchev–Trinajstić information content (AvgIpc) is 2.89. The SMILES string of the molecule is Cc1ccc([N+](=O)[O-])cc1NC(=O)c1ccc(CN(c2ccccc2)S(=O)(=O)c2ccccc2)cc1. The number of nitrogens with one attached hydrogen (secondary N) is 1. The lowest BCUT2D eigenvalue weighted by Crippen LogP contribution is -2.30. The number of nitrogens with zero attached hydrogens (tertiary/aromatic N) is 2. The predicted molar refractivity (Wildman–Crippen MR) is 138 cm³/mol. The molecule has 0 fully saturated rings. The number of aryl methyl sites for hydroxylation is 1. The monoisotopic (exact) mass is 501 g/mol. The zero-order valence-corrected chi connectivity index (χ0v) is 20.2. The maximum atomic E-state index is 13.4. The Morgan fingerprint density at radius 2 is 1.50 bits per heavy atom. The first-order chi connectivity index (χ1) is 17.3. The van der Waals surface area contributed by atoms with Crippen LogP contribution < -0.4 is 9.62 Å². The van der Waals surface area contributed by atoms with E-state index < -0.39 is 20.9 Å². The van der Waals surface area contributed by atoms with E-state index in [2.05, 4.69) is 5.32 Å². The summed E-state index contributed by atoms with van der Waals surface area (Å²) in [5.74, 6) is -0.429. The zero-order valence-electron chi connectivity index (χ0n) is 19.4. The third kappa shape index (κ3) is 5.42. The van der Waals surface area contributed by atoms with E-state index in [4.69, 9.17) is 0 Å². The number of anilines is 2. The number of benzene rings is 4. The Kier molecular flexibility index (Phi) is 7.12. The van der Waals surface area contributed by atoms with Crippen molar-refractivity contribution in [1.29, 1.82) is 0 Å². The Hall–Kier alpha value is -4.50. The van der Waals surface area contributed by atoms with Crippen molar-refractivity contribution >= 4 is 33.0 Å². The van der Waals surface area contributed by atoms with E-state index in [1.807, 2.05) is 6.07 Å². The fraction of sp³-hybridized carbons (Fsp3) is 0.0741. The predicted octanol–water partition coefficient (Wildman–Crippen LogP) is 5.55. The second-order valence-electron chi connectivity index (χ2n) is 8.07. The van der Waals surface area contributed by atoms with E-state index in [0.29, 0.717) is 28.1 Å². The summed E-state index contributed by atoms with van der Waals surface area (Å²) in [4.78, 5) is 23.5. The minimum Gasteiger partial charge on any atom is -0.321 e. The second-order valence-corrected chi connectivity index (χ2v) is 9.93. The smallest absolute Gasteiger partial charge is 0.271 e. The molecule has 36 heavy (non-hydrogen) atoms. The van der Waals surface area contributed by atoms with Crippen LogP contribution >= 0.6 is 0 Å². The fourth-order valence-electron chi connectivity index (χ4n) is 3.61.